The minimum absolute atomic E-state index is 0.544. The van der Waals surface area contributed by atoms with Crippen molar-refractivity contribution in [3.63, 3.8) is 0 Å². The van der Waals surface area contributed by atoms with Crippen LogP contribution in [-0.4, -0.2) is 17.2 Å². The third-order valence-electron chi connectivity index (χ3n) is 3.23. The molecule has 3 heteroatoms. The molecular formula is C15H18O3. The van der Waals surface area contributed by atoms with Crippen LogP contribution in [0.2, 0.25) is 0 Å². The minimum atomic E-state index is -0.886. The monoisotopic (exact) mass is 246 g/mol. The Labute approximate surface area is 107 Å². The molecule has 2 rings (SSSR count). The van der Waals surface area contributed by atoms with Crippen molar-refractivity contribution in [2.75, 3.05) is 0 Å². The van der Waals surface area contributed by atoms with Crippen LogP contribution in [0.3, 0.4) is 0 Å². The molecule has 1 aromatic carbocycles. The molecule has 18 heavy (non-hydrogen) atoms. The molecule has 0 spiro atoms. The first-order valence-corrected chi connectivity index (χ1v) is 6.17. The van der Waals surface area contributed by atoms with Crippen LogP contribution in [0, 0.1) is 20.8 Å². The first-order valence-electron chi connectivity index (χ1n) is 6.17. The number of carbonyl (C=O) groups is 1. The molecule has 96 valence electrons. The zero-order chi connectivity index (χ0) is 13.3. The van der Waals surface area contributed by atoms with E-state index in [1.54, 1.807) is 0 Å². The van der Waals surface area contributed by atoms with Gasteiger partial charge in [-0.1, -0.05) is 17.7 Å². The summed E-state index contributed by atoms with van der Waals surface area (Å²) in [7, 11) is 0. The van der Waals surface area contributed by atoms with E-state index in [-0.39, 0.29) is 0 Å². The summed E-state index contributed by atoms with van der Waals surface area (Å²) in [5.74, 6) is -0.174. The maximum Gasteiger partial charge on any atom is 0.344 e. The van der Waals surface area contributed by atoms with Gasteiger partial charge in [0.1, 0.15) is 5.76 Å². The standard InChI is InChI=1S/C15H18O3/c1-9-7-10(2)14(11(3)8-9)12-5-4-6-13(18-12)15(16)17/h5,7-8,13H,4,6H2,1-3H3,(H,16,17). The van der Waals surface area contributed by atoms with Crippen LogP contribution < -0.4 is 0 Å². The molecule has 1 atom stereocenters. The second-order valence-electron chi connectivity index (χ2n) is 4.86. The van der Waals surface area contributed by atoms with E-state index in [0.29, 0.717) is 12.2 Å². The highest BCUT2D eigenvalue weighted by Gasteiger charge is 2.25. The van der Waals surface area contributed by atoms with Crippen molar-refractivity contribution in [3.8, 4) is 0 Å². The second kappa shape index (κ2) is 4.84. The summed E-state index contributed by atoms with van der Waals surface area (Å²) in [5.41, 5.74) is 4.50. The first kappa shape index (κ1) is 12.7. The van der Waals surface area contributed by atoms with Crippen molar-refractivity contribution < 1.29 is 14.6 Å². The van der Waals surface area contributed by atoms with Gasteiger partial charge in [0.05, 0.1) is 0 Å². The molecule has 0 radical (unpaired) electrons. The van der Waals surface area contributed by atoms with Crippen molar-refractivity contribution in [3.05, 3.63) is 40.5 Å². The minimum Gasteiger partial charge on any atom is -0.479 e. The lowest BCUT2D eigenvalue weighted by molar-refractivity contribution is -0.146. The van der Waals surface area contributed by atoms with Gasteiger partial charge in [0, 0.05) is 5.56 Å². The first-order chi connectivity index (χ1) is 8.49. The van der Waals surface area contributed by atoms with Gasteiger partial charge in [0.25, 0.3) is 0 Å². The molecule has 1 unspecified atom stereocenters. The Morgan fingerprint density at radius 1 is 1.28 bits per heavy atom. The van der Waals surface area contributed by atoms with Gasteiger partial charge >= 0.3 is 5.97 Å². The highest BCUT2D eigenvalue weighted by molar-refractivity contribution is 5.76. The van der Waals surface area contributed by atoms with Crippen molar-refractivity contribution >= 4 is 11.7 Å². The highest BCUT2D eigenvalue weighted by Crippen LogP contribution is 2.30. The number of hydrogen-bond donors (Lipinski definition) is 1. The third kappa shape index (κ3) is 2.40. The average molecular weight is 246 g/mol. The van der Waals surface area contributed by atoms with E-state index < -0.39 is 12.1 Å². The fourth-order valence-electron chi connectivity index (χ4n) is 2.53. The molecule has 3 nitrogen and oxygen atoms in total. The molecule has 0 amide bonds. The molecule has 1 aliphatic heterocycles. The van der Waals surface area contributed by atoms with Crippen molar-refractivity contribution in [2.24, 2.45) is 0 Å². The van der Waals surface area contributed by atoms with Crippen molar-refractivity contribution in [2.45, 2.75) is 39.7 Å². The summed E-state index contributed by atoms with van der Waals surface area (Å²) >= 11 is 0. The van der Waals surface area contributed by atoms with E-state index in [4.69, 9.17) is 9.84 Å². The summed E-state index contributed by atoms with van der Waals surface area (Å²) in [5, 5.41) is 9.03. The van der Waals surface area contributed by atoms with Gasteiger partial charge in [-0.2, -0.15) is 0 Å². The summed E-state index contributed by atoms with van der Waals surface area (Å²) in [6.45, 7) is 6.12. The van der Waals surface area contributed by atoms with E-state index in [1.165, 1.54) is 5.56 Å². The highest BCUT2D eigenvalue weighted by atomic mass is 16.5. The Morgan fingerprint density at radius 3 is 2.44 bits per heavy atom. The quantitative estimate of drug-likeness (QED) is 0.871. The van der Waals surface area contributed by atoms with E-state index in [9.17, 15) is 4.79 Å². The van der Waals surface area contributed by atoms with E-state index >= 15 is 0 Å². The molecule has 1 N–H and O–H groups in total. The number of aryl methyl sites for hydroxylation is 3. The maximum atomic E-state index is 11.0. The molecular weight excluding hydrogens is 228 g/mol. The van der Waals surface area contributed by atoms with Crippen LogP contribution in [-0.2, 0) is 9.53 Å². The van der Waals surface area contributed by atoms with Gasteiger partial charge in [-0.3, -0.25) is 0 Å². The fourth-order valence-corrected chi connectivity index (χ4v) is 2.53. The number of hydrogen-bond acceptors (Lipinski definition) is 2. The van der Waals surface area contributed by atoms with E-state index in [2.05, 4.69) is 19.1 Å². The topological polar surface area (TPSA) is 46.5 Å². The number of allylic oxidation sites excluding steroid dienone is 1. The van der Waals surface area contributed by atoms with Crippen LogP contribution in [0.4, 0.5) is 0 Å². The Balaban J connectivity index is 2.38. The maximum absolute atomic E-state index is 11.0. The van der Waals surface area contributed by atoms with Gasteiger partial charge in [-0.05, 0) is 50.8 Å². The number of benzene rings is 1. The molecule has 0 aliphatic carbocycles. The Morgan fingerprint density at radius 2 is 1.89 bits per heavy atom. The molecule has 1 aromatic rings. The zero-order valence-electron chi connectivity index (χ0n) is 11.0. The molecule has 0 bridgehead atoms. The Kier molecular flexibility index (Phi) is 3.41. The summed E-state index contributed by atoms with van der Waals surface area (Å²) in [6, 6.07) is 4.19. The van der Waals surface area contributed by atoms with Gasteiger partial charge in [-0.25, -0.2) is 4.79 Å². The normalized spacial score (nSPS) is 19.1. The van der Waals surface area contributed by atoms with Crippen molar-refractivity contribution in [1.82, 2.24) is 0 Å². The third-order valence-corrected chi connectivity index (χ3v) is 3.23. The van der Waals surface area contributed by atoms with Crippen LogP contribution in [0.25, 0.3) is 5.76 Å². The molecule has 0 aromatic heterocycles. The summed E-state index contributed by atoms with van der Waals surface area (Å²) in [4.78, 5) is 11.0. The van der Waals surface area contributed by atoms with Gasteiger partial charge in [0.15, 0.2) is 6.10 Å². The van der Waals surface area contributed by atoms with Gasteiger partial charge in [-0.15, -0.1) is 0 Å². The van der Waals surface area contributed by atoms with E-state index in [1.807, 2.05) is 19.9 Å². The molecule has 0 fully saturated rings. The van der Waals surface area contributed by atoms with Crippen LogP contribution in [0.5, 0.6) is 0 Å². The van der Waals surface area contributed by atoms with Crippen LogP contribution >= 0.6 is 0 Å². The molecule has 1 aliphatic rings. The number of ether oxygens (including phenoxy) is 1. The molecule has 0 saturated carbocycles. The predicted octanol–water partition coefficient (Wildman–Crippen LogP) is 3.22. The fraction of sp³-hybridized carbons (Fsp3) is 0.400. The molecule has 1 heterocycles. The number of carboxylic acid groups (broad SMARTS) is 1. The Hall–Kier alpha value is -1.77. The molecule has 0 saturated heterocycles. The number of carboxylic acids is 1. The average Bonchev–Trinajstić information content (AvgIpc) is 2.28. The number of aliphatic carboxylic acids is 1. The van der Waals surface area contributed by atoms with Crippen LogP contribution in [0.1, 0.15) is 35.1 Å². The lowest BCUT2D eigenvalue weighted by Gasteiger charge is -2.24. The smallest absolute Gasteiger partial charge is 0.344 e. The second-order valence-corrected chi connectivity index (χ2v) is 4.86. The zero-order valence-corrected chi connectivity index (χ0v) is 11.0. The lowest BCUT2D eigenvalue weighted by atomic mass is 9.96. The van der Waals surface area contributed by atoms with Crippen LogP contribution in [0.15, 0.2) is 18.2 Å². The predicted molar refractivity (Wildman–Crippen MR) is 70.4 cm³/mol. The summed E-state index contributed by atoms with van der Waals surface area (Å²) < 4.78 is 5.60. The van der Waals surface area contributed by atoms with Gasteiger partial charge < -0.3 is 9.84 Å². The van der Waals surface area contributed by atoms with Gasteiger partial charge in [0.2, 0.25) is 0 Å². The lowest BCUT2D eigenvalue weighted by Crippen LogP contribution is -2.25. The van der Waals surface area contributed by atoms with E-state index in [0.717, 1.165) is 23.1 Å². The number of rotatable bonds is 2. The largest absolute Gasteiger partial charge is 0.479 e. The van der Waals surface area contributed by atoms with Crippen molar-refractivity contribution in [1.29, 1.82) is 0 Å². The SMILES string of the molecule is Cc1cc(C)c(C2=CCCC(C(=O)O)O2)c(C)c1. The Bertz CT molecular complexity index is 491. The summed E-state index contributed by atoms with van der Waals surface area (Å²) in [6.07, 6.45) is 2.57.